The van der Waals surface area contributed by atoms with Gasteiger partial charge >= 0.3 is 0 Å². The molecule has 0 aliphatic heterocycles. The van der Waals surface area contributed by atoms with Crippen LogP contribution in [-0.2, 0) is 0 Å². The lowest BCUT2D eigenvalue weighted by molar-refractivity contribution is 0.598. The summed E-state index contributed by atoms with van der Waals surface area (Å²) in [5.41, 5.74) is 4.73. The summed E-state index contributed by atoms with van der Waals surface area (Å²) in [6, 6.07) is 19.5. The predicted octanol–water partition coefficient (Wildman–Crippen LogP) is 4.57. The van der Waals surface area contributed by atoms with E-state index in [4.69, 9.17) is 0 Å². The highest BCUT2D eigenvalue weighted by Crippen LogP contribution is 2.24. The molecular formula is C19H20N2. The van der Waals surface area contributed by atoms with E-state index in [9.17, 15) is 0 Å². The molecule has 1 atom stereocenters. The van der Waals surface area contributed by atoms with Crippen LogP contribution >= 0.6 is 0 Å². The highest BCUT2D eigenvalue weighted by molar-refractivity contribution is 5.83. The largest absolute Gasteiger partial charge is 0.310 e. The zero-order valence-corrected chi connectivity index (χ0v) is 12.5. The maximum Gasteiger partial charge on any atom is 0.0702 e. The van der Waals surface area contributed by atoms with Gasteiger partial charge < -0.3 is 5.32 Å². The lowest BCUT2D eigenvalue weighted by Gasteiger charge is -2.13. The van der Waals surface area contributed by atoms with Gasteiger partial charge in [-0.1, -0.05) is 49.4 Å². The Morgan fingerprint density at radius 2 is 1.76 bits per heavy atom. The normalized spacial score (nSPS) is 12.5. The Labute approximate surface area is 125 Å². The Morgan fingerprint density at radius 1 is 1.00 bits per heavy atom. The lowest BCUT2D eigenvalue weighted by Crippen LogP contribution is -2.17. The summed E-state index contributed by atoms with van der Waals surface area (Å²) in [5.74, 6) is 0. The standard InChI is InChI=1S/C19H20N2/c1-3-20-14(2)15-8-10-16(11-9-15)18-12-17-6-4-5-7-19(17)21-13-18/h4-14,20H,3H2,1-2H3. The molecule has 1 aromatic heterocycles. The molecule has 0 radical (unpaired) electrons. The topological polar surface area (TPSA) is 24.9 Å². The van der Waals surface area contributed by atoms with E-state index in [1.165, 1.54) is 16.5 Å². The minimum Gasteiger partial charge on any atom is -0.310 e. The second-order valence-electron chi connectivity index (χ2n) is 5.32. The Morgan fingerprint density at radius 3 is 2.52 bits per heavy atom. The first-order valence-corrected chi connectivity index (χ1v) is 7.46. The molecule has 0 saturated carbocycles. The van der Waals surface area contributed by atoms with Crippen molar-refractivity contribution < 1.29 is 0 Å². The van der Waals surface area contributed by atoms with E-state index in [1.807, 2.05) is 18.3 Å². The average molecular weight is 276 g/mol. The first-order valence-electron chi connectivity index (χ1n) is 7.46. The van der Waals surface area contributed by atoms with Crippen molar-refractivity contribution in [3.63, 3.8) is 0 Å². The molecule has 3 aromatic rings. The van der Waals surface area contributed by atoms with E-state index < -0.39 is 0 Å². The van der Waals surface area contributed by atoms with Crippen molar-refractivity contribution in [1.82, 2.24) is 10.3 Å². The van der Waals surface area contributed by atoms with Crippen molar-refractivity contribution in [2.75, 3.05) is 6.54 Å². The van der Waals surface area contributed by atoms with Crippen molar-refractivity contribution in [3.05, 3.63) is 66.4 Å². The van der Waals surface area contributed by atoms with Gasteiger partial charge in [-0.05, 0) is 36.7 Å². The molecule has 2 nitrogen and oxygen atoms in total. The number of rotatable bonds is 4. The van der Waals surface area contributed by atoms with Crippen LogP contribution in [0.3, 0.4) is 0 Å². The van der Waals surface area contributed by atoms with E-state index in [0.717, 1.165) is 17.6 Å². The zero-order valence-electron chi connectivity index (χ0n) is 12.5. The monoisotopic (exact) mass is 276 g/mol. The SMILES string of the molecule is CCNC(C)c1ccc(-c2cnc3ccccc3c2)cc1. The molecule has 0 aliphatic rings. The third-order valence-electron chi connectivity index (χ3n) is 3.84. The maximum absolute atomic E-state index is 4.53. The van der Waals surface area contributed by atoms with Crippen LogP contribution in [0.1, 0.15) is 25.5 Å². The highest BCUT2D eigenvalue weighted by atomic mass is 14.9. The molecule has 3 rings (SSSR count). The van der Waals surface area contributed by atoms with Gasteiger partial charge in [0, 0.05) is 23.2 Å². The summed E-state index contributed by atoms with van der Waals surface area (Å²) in [4.78, 5) is 4.53. The third-order valence-corrected chi connectivity index (χ3v) is 3.84. The molecule has 2 aromatic carbocycles. The molecule has 1 N–H and O–H groups in total. The fourth-order valence-corrected chi connectivity index (χ4v) is 2.62. The number of para-hydroxylation sites is 1. The van der Waals surface area contributed by atoms with E-state index in [1.54, 1.807) is 0 Å². The molecule has 106 valence electrons. The molecule has 21 heavy (non-hydrogen) atoms. The molecule has 1 unspecified atom stereocenters. The van der Waals surface area contributed by atoms with E-state index in [0.29, 0.717) is 6.04 Å². The molecular weight excluding hydrogens is 256 g/mol. The van der Waals surface area contributed by atoms with Gasteiger partial charge in [-0.25, -0.2) is 0 Å². The van der Waals surface area contributed by atoms with Crippen LogP contribution in [0.15, 0.2) is 60.8 Å². The van der Waals surface area contributed by atoms with Gasteiger partial charge in [-0.2, -0.15) is 0 Å². The van der Waals surface area contributed by atoms with Gasteiger partial charge in [0.2, 0.25) is 0 Å². The third kappa shape index (κ3) is 2.96. The number of nitrogens with one attached hydrogen (secondary N) is 1. The van der Waals surface area contributed by atoms with Crippen LogP contribution in [0.25, 0.3) is 22.0 Å². The summed E-state index contributed by atoms with van der Waals surface area (Å²) in [6.45, 7) is 5.30. The molecule has 0 bridgehead atoms. The summed E-state index contributed by atoms with van der Waals surface area (Å²) in [6.07, 6.45) is 1.95. The zero-order chi connectivity index (χ0) is 14.7. The van der Waals surface area contributed by atoms with Crippen molar-refractivity contribution in [2.45, 2.75) is 19.9 Å². The molecule has 0 amide bonds. The number of fused-ring (bicyclic) bond motifs is 1. The molecule has 0 aliphatic carbocycles. The Hall–Kier alpha value is -2.19. The second-order valence-corrected chi connectivity index (χ2v) is 5.32. The van der Waals surface area contributed by atoms with Gasteiger partial charge in [-0.3, -0.25) is 4.98 Å². The summed E-state index contributed by atoms with van der Waals surface area (Å²) in [7, 11) is 0. The molecule has 0 saturated heterocycles. The number of benzene rings is 2. The van der Waals surface area contributed by atoms with Crippen molar-refractivity contribution in [2.24, 2.45) is 0 Å². The lowest BCUT2D eigenvalue weighted by atomic mass is 10.0. The van der Waals surface area contributed by atoms with Crippen LogP contribution in [-0.4, -0.2) is 11.5 Å². The van der Waals surface area contributed by atoms with Crippen LogP contribution in [0.4, 0.5) is 0 Å². The van der Waals surface area contributed by atoms with Gasteiger partial charge in [-0.15, -0.1) is 0 Å². The smallest absolute Gasteiger partial charge is 0.0702 e. The Bertz CT molecular complexity index is 732. The van der Waals surface area contributed by atoms with E-state index in [2.05, 4.69) is 66.6 Å². The number of aromatic nitrogens is 1. The number of pyridine rings is 1. The van der Waals surface area contributed by atoms with Gasteiger partial charge in [0.1, 0.15) is 0 Å². The van der Waals surface area contributed by atoms with Gasteiger partial charge in [0.25, 0.3) is 0 Å². The van der Waals surface area contributed by atoms with Crippen LogP contribution in [0.5, 0.6) is 0 Å². The maximum atomic E-state index is 4.53. The van der Waals surface area contributed by atoms with E-state index in [-0.39, 0.29) is 0 Å². The van der Waals surface area contributed by atoms with Crippen molar-refractivity contribution in [3.8, 4) is 11.1 Å². The highest BCUT2D eigenvalue weighted by Gasteiger charge is 2.05. The molecule has 2 heteroatoms. The van der Waals surface area contributed by atoms with Crippen LogP contribution < -0.4 is 5.32 Å². The minimum absolute atomic E-state index is 0.388. The van der Waals surface area contributed by atoms with Crippen molar-refractivity contribution >= 4 is 10.9 Å². The first kappa shape index (κ1) is 13.8. The van der Waals surface area contributed by atoms with Gasteiger partial charge in [0.05, 0.1) is 5.52 Å². The first-order chi connectivity index (χ1) is 10.3. The van der Waals surface area contributed by atoms with E-state index >= 15 is 0 Å². The van der Waals surface area contributed by atoms with Crippen LogP contribution in [0.2, 0.25) is 0 Å². The quantitative estimate of drug-likeness (QED) is 0.755. The Balaban J connectivity index is 1.91. The molecule has 0 fully saturated rings. The number of hydrogen-bond acceptors (Lipinski definition) is 2. The summed E-state index contributed by atoms with van der Waals surface area (Å²) >= 11 is 0. The second kappa shape index (κ2) is 6.06. The number of nitrogens with zero attached hydrogens (tertiary/aromatic N) is 1. The number of hydrogen-bond donors (Lipinski definition) is 1. The van der Waals surface area contributed by atoms with Crippen LogP contribution in [0, 0.1) is 0 Å². The van der Waals surface area contributed by atoms with Gasteiger partial charge in [0.15, 0.2) is 0 Å². The predicted molar refractivity (Wildman–Crippen MR) is 89.3 cm³/mol. The van der Waals surface area contributed by atoms with Crippen molar-refractivity contribution in [1.29, 1.82) is 0 Å². The fraction of sp³-hybridized carbons (Fsp3) is 0.211. The fourth-order valence-electron chi connectivity index (χ4n) is 2.62. The minimum atomic E-state index is 0.388. The summed E-state index contributed by atoms with van der Waals surface area (Å²) < 4.78 is 0. The molecule has 1 heterocycles. The Kier molecular flexibility index (Phi) is 3.98. The average Bonchev–Trinajstić information content (AvgIpc) is 2.55. The summed E-state index contributed by atoms with van der Waals surface area (Å²) in [5, 5.41) is 4.61. The molecule has 0 spiro atoms.